The molecule has 0 amide bonds. The van der Waals surface area contributed by atoms with Gasteiger partial charge in [-0.2, -0.15) is 4.31 Å². The predicted octanol–water partition coefficient (Wildman–Crippen LogP) is 6.73. The zero-order chi connectivity index (χ0) is 30.9. The molecule has 0 unspecified atom stereocenters. The van der Waals surface area contributed by atoms with Crippen molar-refractivity contribution in [2.75, 3.05) is 36.1 Å². The van der Waals surface area contributed by atoms with E-state index < -0.39 is 26.0 Å². The molecule has 232 valence electrons. The number of halogens is 1. The van der Waals surface area contributed by atoms with Crippen molar-refractivity contribution in [1.29, 1.82) is 0 Å². The third kappa shape index (κ3) is 6.44. The second-order valence-electron chi connectivity index (χ2n) is 11.0. The van der Waals surface area contributed by atoms with Gasteiger partial charge >= 0.3 is 5.97 Å². The molecule has 1 aliphatic carbocycles. The van der Waals surface area contributed by atoms with Crippen LogP contribution in [0.4, 0.5) is 17.1 Å². The summed E-state index contributed by atoms with van der Waals surface area (Å²) >= 11 is 7.88. The molecule has 2 heterocycles. The number of benzene rings is 2. The van der Waals surface area contributed by atoms with Gasteiger partial charge in [0.1, 0.15) is 9.77 Å². The van der Waals surface area contributed by atoms with Gasteiger partial charge in [0.2, 0.25) is 20.0 Å². The lowest BCUT2D eigenvalue weighted by Crippen LogP contribution is -2.46. The Hall–Kier alpha value is -2.64. The number of rotatable bonds is 8. The van der Waals surface area contributed by atoms with Crippen LogP contribution in [-0.2, 0) is 24.8 Å². The van der Waals surface area contributed by atoms with E-state index in [0.29, 0.717) is 29.1 Å². The molecule has 1 N–H and O–H groups in total. The van der Waals surface area contributed by atoms with Gasteiger partial charge < -0.3 is 9.64 Å². The molecular formula is C30H36ClN3O6S3. The number of nitrogens with one attached hydrogen (secondary N) is 1. The normalized spacial score (nSPS) is 19.4. The van der Waals surface area contributed by atoms with Crippen LogP contribution in [0.1, 0.15) is 55.1 Å². The van der Waals surface area contributed by atoms with Gasteiger partial charge in [0.15, 0.2) is 0 Å². The van der Waals surface area contributed by atoms with Crippen molar-refractivity contribution in [2.45, 2.75) is 56.4 Å². The zero-order valence-corrected chi connectivity index (χ0v) is 27.6. The molecule has 1 aromatic heterocycles. The summed E-state index contributed by atoms with van der Waals surface area (Å²) in [5.41, 5.74) is 1.77. The SMILES string of the molecule is CCCS(=O)(=O)Nc1cc(-c2cc3c(cc2Cl)N(c2ccccc2)C[C@@H](C2CCCCC2)N(C)S3(=O)=O)sc1C(=O)OC. The zero-order valence-electron chi connectivity index (χ0n) is 24.4. The minimum Gasteiger partial charge on any atom is -0.465 e. The van der Waals surface area contributed by atoms with Crippen LogP contribution in [-0.4, -0.2) is 59.6 Å². The third-order valence-corrected chi connectivity index (χ3v) is 13.1. The maximum atomic E-state index is 14.3. The quantitative estimate of drug-likeness (QED) is 0.266. The molecule has 5 rings (SSSR count). The molecular weight excluding hydrogens is 630 g/mol. The molecule has 1 aliphatic heterocycles. The van der Waals surface area contributed by atoms with Gasteiger partial charge in [-0.25, -0.2) is 21.6 Å². The van der Waals surface area contributed by atoms with E-state index in [4.69, 9.17) is 16.3 Å². The van der Waals surface area contributed by atoms with Crippen LogP contribution in [0.25, 0.3) is 10.4 Å². The maximum Gasteiger partial charge on any atom is 0.350 e. The summed E-state index contributed by atoms with van der Waals surface area (Å²) in [6.45, 7) is 2.21. The highest BCUT2D eigenvalue weighted by atomic mass is 35.5. The number of thiophene rings is 1. The fourth-order valence-corrected chi connectivity index (χ4v) is 10.2. The van der Waals surface area contributed by atoms with Gasteiger partial charge in [0.05, 0.1) is 29.3 Å². The van der Waals surface area contributed by atoms with Gasteiger partial charge in [0.25, 0.3) is 0 Å². The largest absolute Gasteiger partial charge is 0.465 e. The van der Waals surface area contributed by atoms with Gasteiger partial charge in [-0.15, -0.1) is 11.3 Å². The van der Waals surface area contributed by atoms with Crippen molar-refractivity contribution < 1.29 is 26.4 Å². The second-order valence-corrected chi connectivity index (χ2v) is 16.3. The summed E-state index contributed by atoms with van der Waals surface area (Å²) in [5, 5.41) is 0.272. The van der Waals surface area contributed by atoms with Crippen molar-refractivity contribution in [3.8, 4) is 10.4 Å². The standard InChI is InChI=1S/C30H36ClN3O6S3/c1-4-15-42(36,37)32-24-18-27(41-29(24)30(35)40-3)22-16-28-25(17-23(22)31)34(21-13-9-6-10-14-21)19-26(33(2)43(28,38)39)20-11-7-5-8-12-20/h6,9-10,13-14,16-18,20,26,32H,4-5,7-8,11-12,15,19H2,1-3H3/t26-/m0/s1. The highest BCUT2D eigenvalue weighted by molar-refractivity contribution is 7.92. The van der Waals surface area contributed by atoms with Crippen LogP contribution >= 0.6 is 22.9 Å². The summed E-state index contributed by atoms with van der Waals surface area (Å²) in [6.07, 6.45) is 5.65. The molecule has 0 spiro atoms. The smallest absolute Gasteiger partial charge is 0.350 e. The Morgan fingerprint density at radius 1 is 1.12 bits per heavy atom. The number of esters is 1. The Kier molecular flexibility index (Phi) is 9.43. The van der Waals surface area contributed by atoms with Crippen LogP contribution in [0.3, 0.4) is 0 Å². The van der Waals surface area contributed by atoms with Crippen LogP contribution in [0.2, 0.25) is 5.02 Å². The van der Waals surface area contributed by atoms with Crippen molar-refractivity contribution in [3.05, 3.63) is 58.4 Å². The Morgan fingerprint density at radius 3 is 2.47 bits per heavy atom. The first-order valence-electron chi connectivity index (χ1n) is 14.3. The summed E-state index contributed by atoms with van der Waals surface area (Å²) in [6, 6.07) is 14.1. The lowest BCUT2D eigenvalue weighted by Gasteiger charge is -2.36. The number of anilines is 3. The van der Waals surface area contributed by atoms with E-state index in [1.807, 2.05) is 35.2 Å². The monoisotopic (exact) mass is 665 g/mol. The Labute approximate surface area is 262 Å². The number of ether oxygens (including phenoxy) is 1. The molecule has 0 bridgehead atoms. The number of likely N-dealkylation sites (N-methyl/N-ethyl adjacent to an activating group) is 1. The van der Waals surface area contributed by atoms with Crippen LogP contribution in [0.15, 0.2) is 53.4 Å². The number of hydrogen-bond donors (Lipinski definition) is 1. The van der Waals surface area contributed by atoms with Crippen LogP contribution in [0.5, 0.6) is 0 Å². The van der Waals surface area contributed by atoms with Crippen molar-refractivity contribution in [2.24, 2.45) is 5.92 Å². The summed E-state index contributed by atoms with van der Waals surface area (Å²) in [7, 11) is -4.82. The Morgan fingerprint density at radius 2 is 1.81 bits per heavy atom. The van der Waals surface area contributed by atoms with E-state index in [-0.39, 0.29) is 38.2 Å². The molecule has 3 aromatic rings. The van der Waals surface area contributed by atoms with Gasteiger partial charge in [-0.3, -0.25) is 4.72 Å². The summed E-state index contributed by atoms with van der Waals surface area (Å²) in [4.78, 5) is 15.2. The summed E-state index contributed by atoms with van der Waals surface area (Å²) < 4.78 is 62.7. The lowest BCUT2D eigenvalue weighted by molar-refractivity contribution is 0.0607. The molecule has 9 nitrogen and oxygen atoms in total. The first-order valence-corrected chi connectivity index (χ1v) is 18.6. The first kappa shape index (κ1) is 31.8. The van der Waals surface area contributed by atoms with Gasteiger partial charge in [-0.05, 0) is 55.5 Å². The molecule has 0 saturated heterocycles. The molecule has 1 saturated carbocycles. The lowest BCUT2D eigenvalue weighted by atomic mass is 9.83. The highest BCUT2D eigenvalue weighted by Crippen LogP contribution is 2.46. The minimum atomic E-state index is -3.97. The number of carbonyl (C=O) groups is 1. The number of nitrogens with zero attached hydrogens (tertiary/aromatic N) is 2. The number of hydrogen-bond acceptors (Lipinski definition) is 8. The molecule has 0 radical (unpaired) electrons. The van der Waals surface area contributed by atoms with E-state index in [9.17, 15) is 21.6 Å². The predicted molar refractivity (Wildman–Crippen MR) is 173 cm³/mol. The molecule has 43 heavy (non-hydrogen) atoms. The minimum absolute atomic E-state index is 0.0476. The highest BCUT2D eigenvalue weighted by Gasteiger charge is 2.41. The molecule has 2 aliphatic rings. The second kappa shape index (κ2) is 12.8. The van der Waals surface area contributed by atoms with Crippen LogP contribution < -0.4 is 9.62 Å². The molecule has 1 fully saturated rings. The number of para-hydroxylation sites is 1. The third-order valence-electron chi connectivity index (χ3n) is 8.20. The van der Waals surface area contributed by atoms with Gasteiger partial charge in [-0.1, -0.05) is 56.0 Å². The van der Waals surface area contributed by atoms with Crippen molar-refractivity contribution in [1.82, 2.24) is 4.31 Å². The number of carbonyl (C=O) groups excluding carboxylic acids is 1. The van der Waals surface area contributed by atoms with E-state index >= 15 is 0 Å². The van der Waals surface area contributed by atoms with Crippen LogP contribution in [0, 0.1) is 5.92 Å². The number of sulfonamides is 2. The molecule has 2 aromatic carbocycles. The number of fused-ring (bicyclic) bond motifs is 1. The number of methoxy groups -OCH3 is 1. The van der Waals surface area contributed by atoms with Crippen molar-refractivity contribution in [3.63, 3.8) is 0 Å². The van der Waals surface area contributed by atoms with E-state index in [0.717, 1.165) is 49.1 Å². The first-order chi connectivity index (χ1) is 20.5. The van der Waals surface area contributed by atoms with E-state index in [1.165, 1.54) is 17.5 Å². The van der Waals surface area contributed by atoms with E-state index in [1.54, 1.807) is 26.1 Å². The fourth-order valence-electron chi connectivity index (χ4n) is 6.03. The topological polar surface area (TPSA) is 113 Å². The Balaban J connectivity index is 1.67. The average Bonchev–Trinajstić information content (AvgIpc) is 3.36. The Bertz CT molecular complexity index is 1700. The van der Waals surface area contributed by atoms with Crippen molar-refractivity contribution >= 4 is 66.0 Å². The summed E-state index contributed by atoms with van der Waals surface area (Å²) in [5.74, 6) is -0.614. The maximum absolute atomic E-state index is 14.3. The molecule has 1 atom stereocenters. The molecule has 13 heteroatoms. The van der Waals surface area contributed by atoms with E-state index in [2.05, 4.69) is 4.72 Å². The average molecular weight is 666 g/mol. The van der Waals surface area contributed by atoms with Gasteiger partial charge in [0, 0.05) is 35.8 Å². The fraction of sp³-hybridized carbons (Fsp3) is 0.433.